The summed E-state index contributed by atoms with van der Waals surface area (Å²) >= 11 is 0. The van der Waals surface area contributed by atoms with Crippen molar-refractivity contribution in [3.05, 3.63) is 47.5 Å². The molecule has 16 heteroatoms. The number of ether oxygens (including phenoxy) is 5. The van der Waals surface area contributed by atoms with E-state index in [1.165, 1.54) is 19.2 Å². The summed E-state index contributed by atoms with van der Waals surface area (Å²) in [5.41, 5.74) is 1.50. The molecule has 262 valence electrons. The molecule has 9 N–H and O–H groups in total. The highest BCUT2D eigenvalue weighted by molar-refractivity contribution is 5.73. The Labute approximate surface area is 269 Å². The maximum Gasteiger partial charge on any atom is 0.335 e. The number of carbonyl (C=O) groups is 2. The molecule has 2 aromatic rings. The lowest BCUT2D eigenvalue weighted by Crippen LogP contribution is -2.61. The molecule has 16 nitrogen and oxygen atoms in total. The number of hydrogen-bond donors (Lipinski definition) is 9. The van der Waals surface area contributed by atoms with E-state index in [1.807, 2.05) is 13.8 Å². The van der Waals surface area contributed by atoms with Crippen LogP contribution in [0.15, 0.2) is 36.4 Å². The SMILES string of the molecule is COc1ccc(C[C@@H](C)[C@@H](C)Cc2ccc(O[C@@H]3O[C@H](C(=O)O)[C@@H](O)[C@H](O)[C@H]3O)c(O)c2)cc1O[C@H](O)[C@@H](O)[C@H](O)[C@H](OC)C(=O)O. The quantitative estimate of drug-likeness (QED) is 0.0995. The molecule has 0 saturated carbocycles. The zero-order valence-corrected chi connectivity index (χ0v) is 26.1. The van der Waals surface area contributed by atoms with E-state index in [9.17, 15) is 50.4 Å². The molecule has 11 atom stereocenters. The van der Waals surface area contributed by atoms with Gasteiger partial charge in [0, 0.05) is 7.11 Å². The average molecular weight is 671 g/mol. The van der Waals surface area contributed by atoms with E-state index in [-0.39, 0.29) is 34.8 Å². The largest absolute Gasteiger partial charge is 0.504 e. The van der Waals surface area contributed by atoms with Crippen molar-refractivity contribution in [3.8, 4) is 23.0 Å². The first-order chi connectivity index (χ1) is 22.1. The second-order valence-electron chi connectivity index (χ2n) is 11.5. The van der Waals surface area contributed by atoms with Gasteiger partial charge < -0.3 is 69.6 Å². The molecule has 1 saturated heterocycles. The molecule has 47 heavy (non-hydrogen) atoms. The number of hydrogen-bond acceptors (Lipinski definition) is 14. The molecule has 0 aromatic heterocycles. The number of phenols is 1. The van der Waals surface area contributed by atoms with Gasteiger partial charge in [0.15, 0.2) is 35.2 Å². The maximum absolute atomic E-state index is 11.3. The Bertz CT molecular complexity index is 1350. The van der Waals surface area contributed by atoms with Crippen LogP contribution in [0.2, 0.25) is 0 Å². The van der Waals surface area contributed by atoms with Gasteiger partial charge in [-0.3, -0.25) is 0 Å². The topological polar surface area (TPSA) is 262 Å². The Morgan fingerprint density at radius 2 is 1.38 bits per heavy atom. The third kappa shape index (κ3) is 9.21. The Balaban J connectivity index is 1.65. The summed E-state index contributed by atoms with van der Waals surface area (Å²) < 4.78 is 25.9. The van der Waals surface area contributed by atoms with Gasteiger partial charge in [0.1, 0.15) is 30.5 Å². The van der Waals surface area contributed by atoms with Gasteiger partial charge in [0.05, 0.1) is 7.11 Å². The van der Waals surface area contributed by atoms with Crippen LogP contribution in [0.25, 0.3) is 0 Å². The summed E-state index contributed by atoms with van der Waals surface area (Å²) in [6.45, 7) is 3.99. The van der Waals surface area contributed by atoms with Crippen LogP contribution in [0.4, 0.5) is 0 Å². The number of aliphatic hydroxyl groups is 6. The predicted molar refractivity (Wildman–Crippen MR) is 159 cm³/mol. The van der Waals surface area contributed by atoms with Crippen LogP contribution >= 0.6 is 0 Å². The van der Waals surface area contributed by atoms with Crippen LogP contribution in [0.3, 0.4) is 0 Å². The molecular formula is C31H42O16. The highest BCUT2D eigenvalue weighted by Crippen LogP contribution is 2.34. The minimum absolute atomic E-state index is 0.0390. The Kier molecular flexibility index (Phi) is 13.1. The van der Waals surface area contributed by atoms with Gasteiger partial charge in [0.25, 0.3) is 0 Å². The zero-order valence-electron chi connectivity index (χ0n) is 26.1. The number of aromatic hydroxyl groups is 1. The second-order valence-corrected chi connectivity index (χ2v) is 11.5. The molecule has 0 radical (unpaired) electrons. The second kappa shape index (κ2) is 16.4. The monoisotopic (exact) mass is 670 g/mol. The van der Waals surface area contributed by atoms with Crippen molar-refractivity contribution in [2.75, 3.05) is 14.2 Å². The molecule has 1 aliphatic rings. The van der Waals surface area contributed by atoms with E-state index < -0.39 is 67.2 Å². The third-order valence-electron chi connectivity index (χ3n) is 8.09. The van der Waals surface area contributed by atoms with Crippen LogP contribution < -0.4 is 14.2 Å². The van der Waals surface area contributed by atoms with E-state index in [0.29, 0.717) is 12.8 Å². The first kappa shape index (κ1) is 37.7. The number of methoxy groups -OCH3 is 2. The summed E-state index contributed by atoms with van der Waals surface area (Å²) in [6, 6.07) is 9.46. The van der Waals surface area contributed by atoms with Crippen LogP contribution in [-0.2, 0) is 31.9 Å². The number of phenolic OH excluding ortho intramolecular Hbond substituents is 1. The molecular weight excluding hydrogens is 628 g/mol. The van der Waals surface area contributed by atoms with Crippen LogP contribution in [-0.4, -0.2) is 127 Å². The predicted octanol–water partition coefficient (Wildman–Crippen LogP) is -0.752. The summed E-state index contributed by atoms with van der Waals surface area (Å²) in [7, 11) is 2.40. The summed E-state index contributed by atoms with van der Waals surface area (Å²) in [4.78, 5) is 22.6. The van der Waals surface area contributed by atoms with E-state index >= 15 is 0 Å². The van der Waals surface area contributed by atoms with Crippen LogP contribution in [0, 0.1) is 11.8 Å². The molecule has 2 aromatic carbocycles. The lowest BCUT2D eigenvalue weighted by Gasteiger charge is -2.38. The molecule has 0 spiro atoms. The van der Waals surface area contributed by atoms with Crippen molar-refractivity contribution >= 4 is 11.9 Å². The molecule has 1 heterocycles. The minimum Gasteiger partial charge on any atom is -0.504 e. The third-order valence-corrected chi connectivity index (χ3v) is 8.09. The van der Waals surface area contributed by atoms with Gasteiger partial charge >= 0.3 is 11.9 Å². The lowest BCUT2D eigenvalue weighted by atomic mass is 9.85. The average Bonchev–Trinajstić information content (AvgIpc) is 3.01. The number of benzene rings is 2. The van der Waals surface area contributed by atoms with E-state index in [2.05, 4.69) is 4.74 Å². The first-order valence-electron chi connectivity index (χ1n) is 14.6. The fourth-order valence-corrected chi connectivity index (χ4v) is 5.08. The van der Waals surface area contributed by atoms with Gasteiger partial charge in [-0.05, 0) is 60.1 Å². The number of aliphatic carboxylic acids is 2. The molecule has 0 amide bonds. The Hall–Kier alpha value is -3.74. The number of carboxylic acid groups (broad SMARTS) is 2. The molecule has 0 aliphatic carbocycles. The molecule has 3 rings (SSSR count). The number of carboxylic acids is 2. The lowest BCUT2D eigenvalue weighted by molar-refractivity contribution is -0.271. The highest BCUT2D eigenvalue weighted by Gasteiger charge is 2.48. The van der Waals surface area contributed by atoms with Gasteiger partial charge in [-0.2, -0.15) is 0 Å². The van der Waals surface area contributed by atoms with Crippen LogP contribution in [0.1, 0.15) is 25.0 Å². The van der Waals surface area contributed by atoms with Gasteiger partial charge in [-0.25, -0.2) is 9.59 Å². The zero-order chi connectivity index (χ0) is 35.2. The van der Waals surface area contributed by atoms with E-state index in [4.69, 9.17) is 24.1 Å². The molecule has 0 bridgehead atoms. The van der Waals surface area contributed by atoms with Crippen molar-refractivity contribution in [3.63, 3.8) is 0 Å². The minimum atomic E-state index is -2.03. The Morgan fingerprint density at radius 3 is 1.89 bits per heavy atom. The van der Waals surface area contributed by atoms with E-state index in [1.54, 1.807) is 24.3 Å². The Morgan fingerprint density at radius 1 is 0.809 bits per heavy atom. The summed E-state index contributed by atoms with van der Waals surface area (Å²) in [5.74, 6) is -3.22. The summed E-state index contributed by atoms with van der Waals surface area (Å²) in [6.07, 6.45) is -15.9. The maximum atomic E-state index is 11.3. The first-order valence-corrected chi connectivity index (χ1v) is 14.6. The van der Waals surface area contributed by atoms with E-state index in [0.717, 1.165) is 18.2 Å². The highest BCUT2D eigenvalue weighted by atomic mass is 16.7. The number of aliphatic hydroxyl groups excluding tert-OH is 6. The van der Waals surface area contributed by atoms with Crippen molar-refractivity contribution < 1.29 is 79.2 Å². The fourth-order valence-electron chi connectivity index (χ4n) is 5.08. The number of rotatable bonds is 16. The summed E-state index contributed by atoms with van der Waals surface area (Å²) in [5, 5.41) is 89.8. The van der Waals surface area contributed by atoms with Gasteiger partial charge in [-0.15, -0.1) is 0 Å². The smallest absolute Gasteiger partial charge is 0.335 e. The van der Waals surface area contributed by atoms with Crippen molar-refractivity contribution in [1.82, 2.24) is 0 Å². The normalized spacial score (nSPS) is 25.1. The molecule has 0 unspecified atom stereocenters. The van der Waals surface area contributed by atoms with Crippen molar-refractivity contribution in [2.45, 2.75) is 82.0 Å². The van der Waals surface area contributed by atoms with Crippen molar-refractivity contribution in [1.29, 1.82) is 0 Å². The van der Waals surface area contributed by atoms with Gasteiger partial charge in [-0.1, -0.05) is 26.0 Å². The fraction of sp³-hybridized carbons (Fsp3) is 0.548. The van der Waals surface area contributed by atoms with Crippen LogP contribution in [0.5, 0.6) is 23.0 Å². The standard InChI is InChI=1S/C31H42O16/c1-13(9-15-5-7-18(17(32)11-15)46-31-25(37)21(33)22(34)27(47-31)29(40)41)14(2)10-16-6-8-19(43-3)20(12-16)45-30(42)24(36)23(35)26(44-4)28(38)39/h5-8,11-14,21-27,30-37,42H,9-10H2,1-4H3,(H,38,39)(H,40,41)/t13-,14+,21-,22-,23-,24-,25+,26-,27-,30-,31+/m0/s1. The van der Waals surface area contributed by atoms with Crippen molar-refractivity contribution in [2.24, 2.45) is 11.8 Å². The van der Waals surface area contributed by atoms with Gasteiger partial charge in [0.2, 0.25) is 12.6 Å². The molecule has 1 aliphatic heterocycles. The molecule has 1 fully saturated rings.